The summed E-state index contributed by atoms with van der Waals surface area (Å²) in [5, 5.41) is 13.7. The largest absolute Gasteiger partial charge is 0.477 e. The van der Waals surface area contributed by atoms with Gasteiger partial charge in [0.1, 0.15) is 11.4 Å². The van der Waals surface area contributed by atoms with E-state index in [1.165, 1.54) is 18.5 Å². The van der Waals surface area contributed by atoms with Gasteiger partial charge in [0.15, 0.2) is 0 Å². The molecule has 1 atom stereocenters. The molecule has 0 radical (unpaired) electrons. The molecule has 5 rings (SSSR count). The van der Waals surface area contributed by atoms with E-state index < -0.39 is 17.2 Å². The molecule has 174 valence electrons. The fraction of sp³-hybridized carbons (Fsp3) is 0.269. The van der Waals surface area contributed by atoms with Crippen LogP contribution in [-0.4, -0.2) is 39.8 Å². The first-order chi connectivity index (χ1) is 16.5. The van der Waals surface area contributed by atoms with E-state index in [1.54, 1.807) is 10.6 Å². The minimum Gasteiger partial charge on any atom is -0.477 e. The van der Waals surface area contributed by atoms with Gasteiger partial charge in [0.25, 0.3) is 0 Å². The number of aromatic carboxylic acids is 1. The fourth-order valence-corrected chi connectivity index (χ4v) is 4.86. The molecule has 0 spiro atoms. The third-order valence-electron chi connectivity index (χ3n) is 6.56. The number of carboxylic acids is 1. The second kappa shape index (κ2) is 8.78. The second-order valence-electron chi connectivity index (χ2n) is 8.54. The van der Waals surface area contributed by atoms with Gasteiger partial charge in [-0.25, -0.2) is 9.18 Å². The van der Waals surface area contributed by atoms with Crippen molar-refractivity contribution in [2.75, 3.05) is 23.3 Å². The van der Waals surface area contributed by atoms with Crippen LogP contribution in [0.5, 0.6) is 0 Å². The first kappa shape index (κ1) is 21.9. The number of aryl methyl sites for hydroxylation is 1. The number of para-hydroxylation sites is 1. The number of nitrogens with one attached hydrogen (secondary N) is 1. The van der Waals surface area contributed by atoms with Gasteiger partial charge in [-0.2, -0.15) is 0 Å². The van der Waals surface area contributed by atoms with Crippen LogP contribution < -0.4 is 15.6 Å². The molecule has 2 N–H and O–H groups in total. The molecule has 3 heterocycles. The van der Waals surface area contributed by atoms with E-state index in [1.807, 2.05) is 42.2 Å². The lowest BCUT2D eigenvalue weighted by Crippen LogP contribution is -2.35. The number of hydrogen-bond acceptors (Lipinski definition) is 5. The van der Waals surface area contributed by atoms with Crippen molar-refractivity contribution in [3.63, 3.8) is 0 Å². The maximum Gasteiger partial charge on any atom is 0.341 e. The number of fused-ring (bicyclic) bond motifs is 3. The molecule has 7 nitrogen and oxygen atoms in total. The number of nitrogens with zero attached hydrogens (tertiary/aromatic N) is 3. The fourth-order valence-electron chi connectivity index (χ4n) is 4.86. The van der Waals surface area contributed by atoms with Crippen molar-refractivity contribution in [3.8, 4) is 0 Å². The highest BCUT2D eigenvalue weighted by Gasteiger charge is 2.28. The van der Waals surface area contributed by atoms with Crippen molar-refractivity contribution in [2.24, 2.45) is 0 Å². The lowest BCUT2D eigenvalue weighted by atomic mass is 10.0. The Morgan fingerprint density at radius 3 is 2.79 bits per heavy atom. The van der Waals surface area contributed by atoms with Crippen LogP contribution in [0.4, 0.5) is 15.8 Å². The summed E-state index contributed by atoms with van der Waals surface area (Å²) in [6.45, 7) is 3.68. The van der Waals surface area contributed by atoms with Crippen LogP contribution in [0.2, 0.25) is 0 Å². The smallest absolute Gasteiger partial charge is 0.341 e. The highest BCUT2D eigenvalue weighted by molar-refractivity contribution is 6.07. The number of hydrogen-bond donors (Lipinski definition) is 2. The SMILES string of the molecule is CCn1cc(C(=O)O)c(=O)c2c3cc(N4CCC[C@H]4CNc4ccccc4)c(F)cc3ncc21. The zero-order valence-electron chi connectivity index (χ0n) is 18.8. The summed E-state index contributed by atoms with van der Waals surface area (Å²) < 4.78 is 17.0. The molecule has 4 aromatic rings. The minimum absolute atomic E-state index is 0.0805. The maximum atomic E-state index is 15.3. The molecule has 8 heteroatoms. The Balaban J connectivity index is 1.62. The Morgan fingerprint density at radius 1 is 1.26 bits per heavy atom. The molecule has 34 heavy (non-hydrogen) atoms. The van der Waals surface area contributed by atoms with E-state index in [0.717, 1.165) is 18.5 Å². The summed E-state index contributed by atoms with van der Waals surface area (Å²) in [7, 11) is 0. The van der Waals surface area contributed by atoms with Crippen LogP contribution in [0.1, 0.15) is 30.1 Å². The van der Waals surface area contributed by atoms with Crippen LogP contribution in [0.25, 0.3) is 21.8 Å². The quantitative estimate of drug-likeness (QED) is 0.413. The normalized spacial score (nSPS) is 15.8. The molecule has 0 unspecified atom stereocenters. The molecule has 0 amide bonds. The van der Waals surface area contributed by atoms with Gasteiger partial charge in [-0.05, 0) is 38.0 Å². The first-order valence-corrected chi connectivity index (χ1v) is 11.4. The van der Waals surface area contributed by atoms with Gasteiger partial charge in [-0.1, -0.05) is 18.2 Å². The zero-order chi connectivity index (χ0) is 23.8. The van der Waals surface area contributed by atoms with Gasteiger partial charge in [0.05, 0.1) is 28.3 Å². The number of carboxylic acid groups (broad SMARTS) is 1. The van der Waals surface area contributed by atoms with E-state index in [0.29, 0.717) is 41.7 Å². The minimum atomic E-state index is -1.28. The van der Waals surface area contributed by atoms with Crippen LogP contribution in [-0.2, 0) is 6.54 Å². The van der Waals surface area contributed by atoms with Gasteiger partial charge in [0, 0.05) is 49.0 Å². The van der Waals surface area contributed by atoms with E-state index in [-0.39, 0.29) is 17.0 Å². The Morgan fingerprint density at radius 2 is 2.06 bits per heavy atom. The summed E-state index contributed by atoms with van der Waals surface area (Å²) in [5.74, 6) is -1.69. The molecule has 1 saturated heterocycles. The number of carbonyl (C=O) groups is 1. The van der Waals surface area contributed by atoms with E-state index >= 15 is 4.39 Å². The standard InChI is InChI=1S/C26H25FN4O3/c1-2-30-15-19(26(33)34)25(32)24-18-11-22(20(27)12-21(18)29-14-23(24)30)31-10-6-9-17(31)13-28-16-7-4-3-5-8-16/h3-5,7-8,11-12,14-15,17,28H,2,6,9-10,13H2,1H3,(H,33,34)/t17-/m0/s1. The summed E-state index contributed by atoms with van der Waals surface area (Å²) in [4.78, 5) is 31.3. The van der Waals surface area contributed by atoms with Crippen molar-refractivity contribution in [1.29, 1.82) is 0 Å². The van der Waals surface area contributed by atoms with Gasteiger partial charge < -0.3 is 19.9 Å². The molecular formula is C26H25FN4O3. The van der Waals surface area contributed by atoms with Crippen LogP contribution in [0, 0.1) is 5.82 Å². The van der Waals surface area contributed by atoms with Crippen molar-refractivity contribution < 1.29 is 14.3 Å². The molecule has 0 bridgehead atoms. The number of rotatable bonds is 6. The van der Waals surface area contributed by atoms with Gasteiger partial charge in [-0.3, -0.25) is 9.78 Å². The number of benzene rings is 2. The maximum absolute atomic E-state index is 15.3. The predicted octanol–water partition coefficient (Wildman–Crippen LogP) is 4.49. The summed E-state index contributed by atoms with van der Waals surface area (Å²) in [6.07, 6.45) is 4.70. The Bertz CT molecular complexity index is 1450. The third-order valence-corrected chi connectivity index (χ3v) is 6.56. The van der Waals surface area contributed by atoms with Crippen molar-refractivity contribution in [3.05, 3.63) is 76.5 Å². The van der Waals surface area contributed by atoms with Crippen molar-refractivity contribution >= 4 is 39.1 Å². The van der Waals surface area contributed by atoms with Crippen LogP contribution >= 0.6 is 0 Å². The average molecular weight is 461 g/mol. The van der Waals surface area contributed by atoms with Crippen molar-refractivity contribution in [2.45, 2.75) is 32.4 Å². The zero-order valence-corrected chi connectivity index (χ0v) is 18.8. The lowest BCUT2D eigenvalue weighted by Gasteiger charge is -2.28. The molecule has 1 aliphatic rings. The van der Waals surface area contributed by atoms with E-state index in [2.05, 4.69) is 10.3 Å². The Hall–Kier alpha value is -3.94. The van der Waals surface area contributed by atoms with Crippen molar-refractivity contribution in [1.82, 2.24) is 9.55 Å². The van der Waals surface area contributed by atoms with Gasteiger partial charge in [-0.15, -0.1) is 0 Å². The Kier molecular flexibility index (Phi) is 5.65. The first-order valence-electron chi connectivity index (χ1n) is 11.4. The number of halogens is 1. The summed E-state index contributed by atoms with van der Waals surface area (Å²) >= 11 is 0. The second-order valence-corrected chi connectivity index (χ2v) is 8.54. The average Bonchev–Trinajstić information content (AvgIpc) is 3.31. The number of aromatic nitrogens is 2. The monoisotopic (exact) mass is 460 g/mol. The molecular weight excluding hydrogens is 435 g/mol. The molecule has 0 aliphatic carbocycles. The topological polar surface area (TPSA) is 87.5 Å². The molecule has 2 aromatic carbocycles. The van der Waals surface area contributed by atoms with Gasteiger partial charge in [0.2, 0.25) is 5.43 Å². The molecule has 1 fully saturated rings. The van der Waals surface area contributed by atoms with E-state index in [4.69, 9.17) is 0 Å². The van der Waals surface area contributed by atoms with Gasteiger partial charge >= 0.3 is 5.97 Å². The molecule has 2 aromatic heterocycles. The highest BCUT2D eigenvalue weighted by Crippen LogP contribution is 2.33. The molecule has 1 aliphatic heterocycles. The van der Waals surface area contributed by atoms with Crippen LogP contribution in [0.3, 0.4) is 0 Å². The van der Waals surface area contributed by atoms with E-state index in [9.17, 15) is 14.7 Å². The van der Waals surface area contributed by atoms with Crippen LogP contribution in [0.15, 0.2) is 59.7 Å². The molecule has 0 saturated carbocycles. The summed E-state index contributed by atoms with van der Waals surface area (Å²) in [6, 6.07) is 12.9. The third kappa shape index (κ3) is 3.75. The Labute approximate surface area is 195 Å². The lowest BCUT2D eigenvalue weighted by molar-refractivity contribution is 0.0695. The number of pyridine rings is 2. The highest BCUT2D eigenvalue weighted by atomic mass is 19.1. The number of anilines is 2. The summed E-state index contributed by atoms with van der Waals surface area (Å²) in [5.41, 5.74) is 1.38. The predicted molar refractivity (Wildman–Crippen MR) is 131 cm³/mol.